The zero-order valence-corrected chi connectivity index (χ0v) is 10.9. The average molecular weight is 254 g/mol. The van der Waals surface area contributed by atoms with Gasteiger partial charge in [0, 0.05) is 6.42 Å². The molecule has 1 saturated carbocycles. The van der Waals surface area contributed by atoms with Crippen molar-refractivity contribution in [2.24, 2.45) is 11.8 Å². The predicted molar refractivity (Wildman–Crippen MR) is 67.2 cm³/mol. The number of benzene rings is 1. The number of rotatable bonds is 2. The van der Waals surface area contributed by atoms with Crippen LogP contribution in [0.5, 0.6) is 0 Å². The van der Waals surface area contributed by atoms with Crippen LogP contribution in [0.3, 0.4) is 0 Å². The fourth-order valence-corrected chi connectivity index (χ4v) is 2.87. The molecule has 0 heterocycles. The van der Waals surface area contributed by atoms with E-state index < -0.39 is 17.2 Å². The summed E-state index contributed by atoms with van der Waals surface area (Å²) in [4.78, 5) is 0. The Balaban J connectivity index is 2.10. The van der Waals surface area contributed by atoms with E-state index in [9.17, 15) is 13.9 Å². The van der Waals surface area contributed by atoms with Crippen molar-refractivity contribution in [1.82, 2.24) is 0 Å². The molecule has 0 aliphatic heterocycles. The van der Waals surface area contributed by atoms with Crippen LogP contribution in [0.15, 0.2) is 18.2 Å². The molecule has 18 heavy (non-hydrogen) atoms. The zero-order valence-electron chi connectivity index (χ0n) is 10.9. The van der Waals surface area contributed by atoms with Crippen LogP contribution in [0, 0.1) is 23.5 Å². The molecule has 0 bridgehead atoms. The van der Waals surface area contributed by atoms with Gasteiger partial charge in [0.2, 0.25) is 0 Å². The van der Waals surface area contributed by atoms with Gasteiger partial charge < -0.3 is 5.11 Å². The third-order valence-electron chi connectivity index (χ3n) is 4.26. The van der Waals surface area contributed by atoms with Crippen molar-refractivity contribution in [2.75, 3.05) is 0 Å². The Labute approximate surface area is 107 Å². The number of aliphatic hydroxyl groups is 1. The lowest BCUT2D eigenvalue weighted by Gasteiger charge is -2.39. The molecule has 0 radical (unpaired) electrons. The van der Waals surface area contributed by atoms with Crippen molar-refractivity contribution in [3.8, 4) is 0 Å². The van der Waals surface area contributed by atoms with E-state index in [1.807, 2.05) is 0 Å². The topological polar surface area (TPSA) is 20.2 Å². The van der Waals surface area contributed by atoms with E-state index in [-0.39, 0.29) is 0 Å². The van der Waals surface area contributed by atoms with Crippen LogP contribution in [0.2, 0.25) is 0 Å². The quantitative estimate of drug-likeness (QED) is 0.853. The van der Waals surface area contributed by atoms with Gasteiger partial charge in [-0.25, -0.2) is 8.78 Å². The molecule has 1 aromatic rings. The van der Waals surface area contributed by atoms with Crippen LogP contribution in [0.25, 0.3) is 0 Å². The Morgan fingerprint density at radius 2 is 1.94 bits per heavy atom. The summed E-state index contributed by atoms with van der Waals surface area (Å²) in [5.41, 5.74) is -0.103. The second-order valence-corrected chi connectivity index (χ2v) is 5.85. The lowest BCUT2D eigenvalue weighted by molar-refractivity contribution is -0.0280. The third-order valence-corrected chi connectivity index (χ3v) is 4.26. The maximum absolute atomic E-state index is 13.1. The van der Waals surface area contributed by atoms with Crippen LogP contribution < -0.4 is 0 Å². The second-order valence-electron chi connectivity index (χ2n) is 5.85. The molecule has 2 rings (SSSR count). The van der Waals surface area contributed by atoms with Gasteiger partial charge in [0.1, 0.15) is 0 Å². The molecule has 1 nitrogen and oxygen atoms in total. The first-order chi connectivity index (χ1) is 8.39. The molecule has 1 fully saturated rings. The van der Waals surface area contributed by atoms with Gasteiger partial charge in [-0.05, 0) is 48.8 Å². The van der Waals surface area contributed by atoms with E-state index in [2.05, 4.69) is 13.8 Å². The maximum Gasteiger partial charge on any atom is 0.159 e. The Kier molecular flexibility index (Phi) is 3.71. The highest BCUT2D eigenvalue weighted by molar-refractivity contribution is 5.20. The summed E-state index contributed by atoms with van der Waals surface area (Å²) in [5.74, 6) is -0.589. The van der Waals surface area contributed by atoms with E-state index in [1.165, 1.54) is 6.07 Å². The molecule has 0 aromatic heterocycles. The average Bonchev–Trinajstić information content (AvgIpc) is 2.29. The molecule has 100 valence electrons. The van der Waals surface area contributed by atoms with E-state index in [0.29, 0.717) is 23.8 Å². The Morgan fingerprint density at radius 3 is 2.56 bits per heavy atom. The summed E-state index contributed by atoms with van der Waals surface area (Å²) in [6, 6.07) is 3.87. The molecule has 3 atom stereocenters. The fraction of sp³-hybridized carbons (Fsp3) is 0.600. The van der Waals surface area contributed by atoms with Gasteiger partial charge in [0.15, 0.2) is 11.6 Å². The minimum Gasteiger partial charge on any atom is -0.390 e. The van der Waals surface area contributed by atoms with Crippen molar-refractivity contribution < 1.29 is 13.9 Å². The van der Waals surface area contributed by atoms with Gasteiger partial charge in [0.25, 0.3) is 0 Å². The van der Waals surface area contributed by atoms with Crippen LogP contribution >= 0.6 is 0 Å². The molecule has 3 heteroatoms. The summed E-state index contributed by atoms with van der Waals surface area (Å²) in [5, 5.41) is 10.6. The highest BCUT2D eigenvalue weighted by Gasteiger charge is 2.35. The van der Waals surface area contributed by atoms with Gasteiger partial charge in [-0.3, -0.25) is 0 Å². The lowest BCUT2D eigenvalue weighted by Crippen LogP contribution is -2.39. The van der Waals surface area contributed by atoms with E-state index in [4.69, 9.17) is 0 Å². The van der Waals surface area contributed by atoms with Gasteiger partial charge in [-0.2, -0.15) is 0 Å². The van der Waals surface area contributed by atoms with Gasteiger partial charge in [-0.15, -0.1) is 0 Å². The first-order valence-corrected chi connectivity index (χ1v) is 6.56. The first-order valence-electron chi connectivity index (χ1n) is 6.56. The molecular weight excluding hydrogens is 234 g/mol. The molecule has 0 spiro atoms. The van der Waals surface area contributed by atoms with Crippen LogP contribution in [0.4, 0.5) is 8.78 Å². The van der Waals surface area contributed by atoms with Gasteiger partial charge in [0.05, 0.1) is 5.60 Å². The third kappa shape index (κ3) is 2.89. The first kappa shape index (κ1) is 13.5. The summed E-state index contributed by atoms with van der Waals surface area (Å²) in [6.45, 7) is 4.34. The number of hydrogen-bond acceptors (Lipinski definition) is 1. The molecule has 1 aromatic carbocycles. The highest BCUT2D eigenvalue weighted by Crippen LogP contribution is 2.38. The van der Waals surface area contributed by atoms with Crippen LogP contribution in [0.1, 0.15) is 38.7 Å². The standard InChI is InChI=1S/C15H20F2O/c1-10-5-6-15(18,8-11(10)2)9-12-3-4-13(16)14(17)7-12/h3-4,7,10-11,18H,5-6,8-9H2,1-2H3. The monoisotopic (exact) mass is 254 g/mol. The second kappa shape index (κ2) is 4.96. The molecular formula is C15H20F2O. The largest absolute Gasteiger partial charge is 0.390 e. The molecule has 0 saturated heterocycles. The lowest BCUT2D eigenvalue weighted by atomic mass is 9.71. The normalized spacial score (nSPS) is 32.5. The summed E-state index contributed by atoms with van der Waals surface area (Å²) in [7, 11) is 0. The Hall–Kier alpha value is -0.960. The van der Waals surface area contributed by atoms with Crippen molar-refractivity contribution in [3.63, 3.8) is 0 Å². The zero-order chi connectivity index (χ0) is 13.3. The summed E-state index contributed by atoms with van der Waals surface area (Å²) >= 11 is 0. The van der Waals surface area contributed by atoms with E-state index in [0.717, 1.165) is 25.3 Å². The van der Waals surface area contributed by atoms with Gasteiger partial charge >= 0.3 is 0 Å². The Morgan fingerprint density at radius 1 is 1.22 bits per heavy atom. The molecule has 3 unspecified atom stereocenters. The number of halogens is 2. The molecule has 0 amide bonds. The smallest absolute Gasteiger partial charge is 0.159 e. The van der Waals surface area contributed by atoms with Gasteiger partial charge in [-0.1, -0.05) is 19.9 Å². The highest BCUT2D eigenvalue weighted by atomic mass is 19.2. The van der Waals surface area contributed by atoms with Crippen LogP contribution in [-0.2, 0) is 6.42 Å². The minimum atomic E-state index is -0.840. The molecule has 1 aliphatic rings. The van der Waals surface area contributed by atoms with E-state index in [1.54, 1.807) is 6.07 Å². The van der Waals surface area contributed by atoms with Crippen molar-refractivity contribution in [1.29, 1.82) is 0 Å². The van der Waals surface area contributed by atoms with Crippen LogP contribution in [-0.4, -0.2) is 10.7 Å². The summed E-state index contributed by atoms with van der Waals surface area (Å²) < 4.78 is 26.0. The molecule has 1 aliphatic carbocycles. The fourth-order valence-electron chi connectivity index (χ4n) is 2.87. The van der Waals surface area contributed by atoms with Crippen molar-refractivity contribution >= 4 is 0 Å². The van der Waals surface area contributed by atoms with E-state index >= 15 is 0 Å². The van der Waals surface area contributed by atoms with Crippen molar-refractivity contribution in [3.05, 3.63) is 35.4 Å². The summed E-state index contributed by atoms with van der Waals surface area (Å²) in [6.07, 6.45) is 2.85. The molecule has 1 N–H and O–H groups in total. The number of hydrogen-bond donors (Lipinski definition) is 1. The predicted octanol–water partition coefficient (Wildman–Crippen LogP) is 3.69. The SMILES string of the molecule is CC1CCC(O)(Cc2ccc(F)c(F)c2)CC1C. The van der Waals surface area contributed by atoms with Crippen molar-refractivity contribution in [2.45, 2.75) is 45.1 Å². The maximum atomic E-state index is 13.1. The Bertz CT molecular complexity index is 433. The minimum absolute atomic E-state index is 0.404.